The SMILES string of the molecule is COC(=O)C(CC(C)C)NCC(O)C(F)(F)F. The first-order chi connectivity index (χ1) is 7.68. The van der Waals surface area contributed by atoms with Crippen molar-refractivity contribution in [2.75, 3.05) is 13.7 Å². The van der Waals surface area contributed by atoms with Crippen molar-refractivity contribution in [2.24, 2.45) is 5.92 Å². The van der Waals surface area contributed by atoms with Crippen LogP contribution in [0.25, 0.3) is 0 Å². The highest BCUT2D eigenvalue weighted by atomic mass is 19.4. The highest BCUT2D eigenvalue weighted by molar-refractivity contribution is 5.75. The number of halogens is 3. The van der Waals surface area contributed by atoms with Crippen molar-refractivity contribution in [1.29, 1.82) is 0 Å². The molecule has 0 heterocycles. The molecule has 0 rings (SSSR count). The van der Waals surface area contributed by atoms with Crippen LogP contribution in [0, 0.1) is 5.92 Å². The Morgan fingerprint density at radius 1 is 1.41 bits per heavy atom. The molecule has 2 atom stereocenters. The van der Waals surface area contributed by atoms with Gasteiger partial charge in [0, 0.05) is 6.54 Å². The Kier molecular flexibility index (Phi) is 6.48. The maximum atomic E-state index is 12.0. The molecule has 102 valence electrons. The van der Waals surface area contributed by atoms with Gasteiger partial charge in [-0.2, -0.15) is 13.2 Å². The lowest BCUT2D eigenvalue weighted by molar-refractivity contribution is -0.202. The van der Waals surface area contributed by atoms with Gasteiger partial charge in [0.2, 0.25) is 0 Å². The summed E-state index contributed by atoms with van der Waals surface area (Å²) >= 11 is 0. The van der Waals surface area contributed by atoms with Crippen LogP contribution in [-0.4, -0.2) is 43.1 Å². The van der Waals surface area contributed by atoms with E-state index in [1.54, 1.807) is 0 Å². The van der Waals surface area contributed by atoms with Crippen molar-refractivity contribution in [3.05, 3.63) is 0 Å². The predicted molar refractivity (Wildman–Crippen MR) is 55.3 cm³/mol. The first-order valence-electron chi connectivity index (χ1n) is 5.24. The minimum atomic E-state index is -4.69. The number of esters is 1. The Morgan fingerprint density at radius 2 is 1.94 bits per heavy atom. The van der Waals surface area contributed by atoms with E-state index in [4.69, 9.17) is 5.11 Å². The van der Waals surface area contributed by atoms with E-state index >= 15 is 0 Å². The van der Waals surface area contributed by atoms with Crippen molar-refractivity contribution in [3.63, 3.8) is 0 Å². The van der Waals surface area contributed by atoms with Crippen LogP contribution in [0.4, 0.5) is 13.2 Å². The fourth-order valence-corrected chi connectivity index (χ4v) is 1.25. The largest absolute Gasteiger partial charge is 0.468 e. The first-order valence-corrected chi connectivity index (χ1v) is 5.24. The number of aliphatic hydroxyl groups is 1. The van der Waals surface area contributed by atoms with Crippen molar-refractivity contribution < 1.29 is 27.8 Å². The average molecular weight is 257 g/mol. The van der Waals surface area contributed by atoms with Gasteiger partial charge >= 0.3 is 12.1 Å². The van der Waals surface area contributed by atoms with Gasteiger partial charge in [-0.3, -0.25) is 4.79 Å². The molecule has 0 aliphatic carbocycles. The zero-order valence-electron chi connectivity index (χ0n) is 10.0. The number of nitrogens with one attached hydrogen (secondary N) is 1. The molecule has 2 N–H and O–H groups in total. The van der Waals surface area contributed by atoms with Crippen LogP contribution in [0.15, 0.2) is 0 Å². The van der Waals surface area contributed by atoms with Gasteiger partial charge in [0.05, 0.1) is 7.11 Å². The average Bonchev–Trinajstić information content (AvgIpc) is 2.20. The van der Waals surface area contributed by atoms with E-state index in [-0.39, 0.29) is 5.92 Å². The first kappa shape index (κ1) is 16.2. The number of methoxy groups -OCH3 is 1. The molecular weight excluding hydrogens is 239 g/mol. The van der Waals surface area contributed by atoms with Crippen LogP contribution in [0.2, 0.25) is 0 Å². The van der Waals surface area contributed by atoms with Crippen molar-refractivity contribution >= 4 is 5.97 Å². The topological polar surface area (TPSA) is 58.6 Å². The Hall–Kier alpha value is -0.820. The van der Waals surface area contributed by atoms with Gasteiger partial charge < -0.3 is 15.2 Å². The minimum absolute atomic E-state index is 0.120. The molecule has 0 amide bonds. The molecule has 0 bridgehead atoms. The molecule has 4 nitrogen and oxygen atoms in total. The maximum absolute atomic E-state index is 12.0. The highest BCUT2D eigenvalue weighted by Gasteiger charge is 2.38. The summed E-state index contributed by atoms with van der Waals surface area (Å²) in [6.07, 6.45) is -6.83. The minimum Gasteiger partial charge on any atom is -0.468 e. The summed E-state index contributed by atoms with van der Waals surface area (Å²) < 4.78 is 40.6. The Balaban J connectivity index is 4.31. The molecule has 0 aromatic heterocycles. The molecule has 0 aliphatic heterocycles. The monoisotopic (exact) mass is 257 g/mol. The van der Waals surface area contributed by atoms with Crippen LogP contribution >= 0.6 is 0 Å². The summed E-state index contributed by atoms with van der Waals surface area (Å²) in [4.78, 5) is 11.3. The van der Waals surface area contributed by atoms with Crippen LogP contribution < -0.4 is 5.32 Å². The predicted octanol–water partition coefficient (Wildman–Crippen LogP) is 1.09. The van der Waals surface area contributed by atoms with Gasteiger partial charge in [-0.25, -0.2) is 0 Å². The van der Waals surface area contributed by atoms with Gasteiger partial charge in [-0.05, 0) is 12.3 Å². The third-order valence-electron chi connectivity index (χ3n) is 2.13. The highest BCUT2D eigenvalue weighted by Crippen LogP contribution is 2.19. The summed E-state index contributed by atoms with van der Waals surface area (Å²) in [5, 5.41) is 11.1. The van der Waals surface area contributed by atoms with Crippen molar-refractivity contribution in [2.45, 2.75) is 38.6 Å². The van der Waals surface area contributed by atoms with Gasteiger partial charge in [-0.15, -0.1) is 0 Å². The number of aliphatic hydroxyl groups excluding tert-OH is 1. The number of carbonyl (C=O) groups excluding carboxylic acids is 1. The number of rotatable bonds is 6. The summed E-state index contributed by atoms with van der Waals surface area (Å²) in [7, 11) is 1.16. The molecule has 0 aromatic carbocycles. The van der Waals surface area contributed by atoms with Crippen LogP contribution in [-0.2, 0) is 9.53 Å². The summed E-state index contributed by atoms with van der Waals surface area (Å²) in [6, 6.07) is -0.836. The molecule has 7 heteroatoms. The molecule has 0 fully saturated rings. The van der Waals surface area contributed by atoms with Crippen LogP contribution in [0.5, 0.6) is 0 Å². The van der Waals surface area contributed by atoms with Gasteiger partial charge in [0.15, 0.2) is 6.10 Å². The summed E-state index contributed by atoms with van der Waals surface area (Å²) in [6.45, 7) is 2.94. The lowest BCUT2D eigenvalue weighted by Crippen LogP contribution is -2.46. The Bertz CT molecular complexity index is 243. The van der Waals surface area contributed by atoms with Gasteiger partial charge in [0.25, 0.3) is 0 Å². The number of hydrogen-bond acceptors (Lipinski definition) is 4. The molecule has 0 spiro atoms. The zero-order chi connectivity index (χ0) is 13.6. The van der Waals surface area contributed by atoms with Gasteiger partial charge in [0.1, 0.15) is 6.04 Å². The van der Waals surface area contributed by atoms with E-state index in [0.717, 1.165) is 7.11 Å². The number of hydrogen-bond donors (Lipinski definition) is 2. The van der Waals surface area contributed by atoms with E-state index < -0.39 is 30.8 Å². The van der Waals surface area contributed by atoms with Crippen LogP contribution in [0.3, 0.4) is 0 Å². The quantitative estimate of drug-likeness (QED) is 0.699. The fourth-order valence-electron chi connectivity index (χ4n) is 1.25. The van der Waals surface area contributed by atoms with E-state index in [0.29, 0.717) is 6.42 Å². The number of alkyl halides is 3. The van der Waals surface area contributed by atoms with E-state index in [9.17, 15) is 18.0 Å². The lowest BCUT2D eigenvalue weighted by atomic mass is 10.0. The molecule has 2 unspecified atom stereocenters. The number of ether oxygens (including phenoxy) is 1. The summed E-state index contributed by atoms with van der Waals surface area (Å²) in [5.74, 6) is -0.511. The molecule has 0 aromatic rings. The van der Waals surface area contributed by atoms with E-state index in [1.165, 1.54) is 0 Å². The maximum Gasteiger partial charge on any atom is 0.415 e. The number of carbonyl (C=O) groups is 1. The second kappa shape index (κ2) is 6.80. The third kappa shape index (κ3) is 6.48. The second-order valence-corrected chi connectivity index (χ2v) is 4.17. The van der Waals surface area contributed by atoms with E-state index in [1.807, 2.05) is 13.8 Å². The molecule has 0 radical (unpaired) electrons. The van der Waals surface area contributed by atoms with Crippen molar-refractivity contribution in [1.82, 2.24) is 5.32 Å². The summed E-state index contributed by atoms with van der Waals surface area (Å²) in [5.41, 5.74) is 0. The Labute approximate surface area is 98.1 Å². The molecule has 0 saturated heterocycles. The van der Waals surface area contributed by atoms with Crippen molar-refractivity contribution in [3.8, 4) is 0 Å². The molecule has 0 aliphatic rings. The molecule has 0 saturated carbocycles. The lowest BCUT2D eigenvalue weighted by Gasteiger charge is -2.21. The second-order valence-electron chi connectivity index (χ2n) is 4.17. The Morgan fingerprint density at radius 3 is 2.29 bits per heavy atom. The zero-order valence-corrected chi connectivity index (χ0v) is 10.0. The standard InChI is InChI=1S/C10H18F3NO3/c1-6(2)4-7(9(16)17-3)14-5-8(15)10(11,12)13/h6-8,14-15H,4-5H2,1-3H3. The smallest absolute Gasteiger partial charge is 0.415 e. The normalized spacial score (nSPS) is 15.8. The van der Waals surface area contributed by atoms with Crippen LogP contribution in [0.1, 0.15) is 20.3 Å². The van der Waals surface area contributed by atoms with Gasteiger partial charge in [-0.1, -0.05) is 13.8 Å². The molecular formula is C10H18F3NO3. The third-order valence-corrected chi connectivity index (χ3v) is 2.13. The molecule has 17 heavy (non-hydrogen) atoms. The fraction of sp³-hybridized carbons (Fsp3) is 0.900. The van der Waals surface area contributed by atoms with E-state index in [2.05, 4.69) is 10.1 Å².